The zero-order valence-electron chi connectivity index (χ0n) is 5.78. The van der Waals surface area contributed by atoms with Gasteiger partial charge in [-0.25, -0.2) is 10.0 Å². The predicted octanol–water partition coefficient (Wildman–Crippen LogP) is 0.743. The van der Waals surface area contributed by atoms with Crippen LogP contribution in [-0.2, 0) is 0 Å². The molecule has 1 N–H and O–H groups in total. The lowest BCUT2D eigenvalue weighted by molar-refractivity contribution is -0.268. The largest absolute Gasteiger partial charge is 0.870 e. The van der Waals surface area contributed by atoms with Gasteiger partial charge in [-0.05, 0) is 15.9 Å². The Morgan fingerprint density at radius 1 is 1.73 bits per heavy atom. The third-order valence-electron chi connectivity index (χ3n) is 1.11. The molecule has 1 aromatic heterocycles. The maximum atomic E-state index is 11.0. The van der Waals surface area contributed by atoms with Crippen LogP contribution in [-0.4, -0.2) is 17.2 Å². The van der Waals surface area contributed by atoms with Gasteiger partial charge in [0.05, 0.1) is 0 Å². The molecule has 11 heavy (non-hydrogen) atoms. The molecule has 1 rings (SSSR count). The van der Waals surface area contributed by atoms with Crippen LogP contribution in [0.1, 0.15) is 0 Å². The van der Waals surface area contributed by atoms with E-state index in [-0.39, 0.29) is 11.6 Å². The number of hydrogen-bond donors (Lipinski definition) is 1. The topological polar surface area (TPSA) is 59.4 Å². The van der Waals surface area contributed by atoms with Gasteiger partial charge in [-0.1, -0.05) is 11.8 Å². The minimum atomic E-state index is -0.315. The van der Waals surface area contributed by atoms with Gasteiger partial charge in [0.25, 0.3) is 0 Å². The molecule has 0 spiro atoms. The van der Waals surface area contributed by atoms with Crippen molar-refractivity contribution in [2.75, 3.05) is 12.1 Å². The van der Waals surface area contributed by atoms with Crippen LogP contribution in [0.4, 0.5) is 5.82 Å². The summed E-state index contributed by atoms with van der Waals surface area (Å²) in [4.78, 5) is 3.69. The Morgan fingerprint density at radius 3 is 2.82 bits per heavy atom. The molecule has 5 heteroatoms. The SMILES string of the molecule is CN(O)c1ncc(Br)cc1[O-]. The van der Waals surface area contributed by atoms with Crippen LogP contribution >= 0.6 is 15.9 Å². The number of aromatic nitrogens is 1. The molecule has 0 aliphatic heterocycles. The number of anilines is 1. The van der Waals surface area contributed by atoms with Crippen molar-refractivity contribution in [1.29, 1.82) is 0 Å². The van der Waals surface area contributed by atoms with E-state index >= 15 is 0 Å². The fourth-order valence-electron chi connectivity index (χ4n) is 0.657. The smallest absolute Gasteiger partial charge is 0.144 e. The van der Waals surface area contributed by atoms with Crippen molar-refractivity contribution in [2.24, 2.45) is 0 Å². The molecule has 0 radical (unpaired) electrons. The first-order valence-corrected chi connectivity index (χ1v) is 3.65. The molecule has 0 amide bonds. The monoisotopic (exact) mass is 217 g/mol. The molecule has 0 aliphatic rings. The molecule has 0 saturated carbocycles. The zero-order valence-corrected chi connectivity index (χ0v) is 7.37. The summed E-state index contributed by atoms with van der Waals surface area (Å²) in [6.07, 6.45) is 1.45. The van der Waals surface area contributed by atoms with E-state index in [9.17, 15) is 5.11 Å². The molecule has 1 aromatic rings. The van der Waals surface area contributed by atoms with Gasteiger partial charge in [-0.15, -0.1) is 0 Å². The Morgan fingerprint density at radius 2 is 2.36 bits per heavy atom. The number of nitrogens with zero attached hydrogens (tertiary/aromatic N) is 2. The highest BCUT2D eigenvalue weighted by molar-refractivity contribution is 9.10. The van der Waals surface area contributed by atoms with Crippen LogP contribution in [0, 0.1) is 0 Å². The lowest BCUT2D eigenvalue weighted by Crippen LogP contribution is -2.14. The van der Waals surface area contributed by atoms with Gasteiger partial charge in [-0.2, -0.15) is 0 Å². The van der Waals surface area contributed by atoms with Crippen LogP contribution in [0.15, 0.2) is 16.7 Å². The summed E-state index contributed by atoms with van der Waals surface area (Å²) in [5.41, 5.74) is 0. The van der Waals surface area contributed by atoms with Gasteiger partial charge in [0.15, 0.2) is 0 Å². The Kier molecular flexibility index (Phi) is 2.31. The number of rotatable bonds is 1. The highest BCUT2D eigenvalue weighted by Crippen LogP contribution is 2.22. The number of hydroxylamine groups is 1. The van der Waals surface area contributed by atoms with E-state index in [2.05, 4.69) is 20.9 Å². The standard InChI is InChI=1S/C6H7BrN2O2/c1-9(11)6-5(10)2-4(7)3-8-6/h2-3,10-11H,1H3/p-1. The van der Waals surface area contributed by atoms with E-state index in [4.69, 9.17) is 5.21 Å². The summed E-state index contributed by atoms with van der Waals surface area (Å²) >= 11 is 3.08. The van der Waals surface area contributed by atoms with Crippen LogP contribution in [0.2, 0.25) is 0 Å². The van der Waals surface area contributed by atoms with Crippen LogP contribution < -0.4 is 10.2 Å². The van der Waals surface area contributed by atoms with Gasteiger partial charge in [0.2, 0.25) is 0 Å². The molecular formula is C6H6BrN2O2-. The Bertz CT molecular complexity index is 265. The average molecular weight is 218 g/mol. The van der Waals surface area contributed by atoms with E-state index in [0.717, 1.165) is 0 Å². The molecule has 0 bridgehead atoms. The summed E-state index contributed by atoms with van der Waals surface area (Å²) in [7, 11) is 1.34. The molecule has 0 saturated heterocycles. The lowest BCUT2D eigenvalue weighted by atomic mass is 10.4. The Balaban J connectivity index is 3.09. The quantitative estimate of drug-likeness (QED) is 0.706. The number of pyridine rings is 1. The van der Waals surface area contributed by atoms with Crippen LogP contribution in [0.25, 0.3) is 0 Å². The maximum Gasteiger partial charge on any atom is 0.144 e. The van der Waals surface area contributed by atoms with E-state index in [0.29, 0.717) is 9.54 Å². The summed E-state index contributed by atoms with van der Waals surface area (Å²) in [6, 6.07) is 1.34. The second-order valence-corrected chi connectivity index (χ2v) is 2.91. The van der Waals surface area contributed by atoms with Crippen molar-refractivity contribution in [1.82, 2.24) is 4.98 Å². The second kappa shape index (κ2) is 3.06. The Labute approximate surface area is 72.2 Å². The highest BCUT2D eigenvalue weighted by atomic mass is 79.9. The molecule has 60 valence electrons. The first-order chi connectivity index (χ1) is 5.11. The lowest BCUT2D eigenvalue weighted by Gasteiger charge is -2.16. The van der Waals surface area contributed by atoms with Crippen molar-refractivity contribution in [3.63, 3.8) is 0 Å². The van der Waals surface area contributed by atoms with E-state index in [1.54, 1.807) is 0 Å². The third-order valence-corrected chi connectivity index (χ3v) is 1.54. The number of hydrogen-bond acceptors (Lipinski definition) is 4. The highest BCUT2D eigenvalue weighted by Gasteiger charge is 1.98. The summed E-state index contributed by atoms with van der Waals surface area (Å²) in [5, 5.41) is 20.5. The van der Waals surface area contributed by atoms with E-state index < -0.39 is 0 Å². The van der Waals surface area contributed by atoms with Crippen molar-refractivity contribution < 1.29 is 10.3 Å². The first-order valence-electron chi connectivity index (χ1n) is 2.86. The van der Waals surface area contributed by atoms with Crippen LogP contribution in [0.3, 0.4) is 0 Å². The molecule has 0 unspecified atom stereocenters. The normalized spacial score (nSPS) is 9.73. The fraction of sp³-hybridized carbons (Fsp3) is 0.167. The van der Waals surface area contributed by atoms with E-state index in [1.165, 1.54) is 19.3 Å². The van der Waals surface area contributed by atoms with Gasteiger partial charge >= 0.3 is 0 Å². The molecule has 0 aliphatic carbocycles. The fourth-order valence-corrected chi connectivity index (χ4v) is 0.967. The molecular weight excluding hydrogens is 212 g/mol. The van der Waals surface area contributed by atoms with Crippen molar-refractivity contribution in [3.05, 3.63) is 16.7 Å². The van der Waals surface area contributed by atoms with Gasteiger partial charge in [0, 0.05) is 17.7 Å². The Hall–Kier alpha value is -0.810. The van der Waals surface area contributed by atoms with Gasteiger partial charge in [-0.3, -0.25) is 5.21 Å². The third kappa shape index (κ3) is 1.81. The van der Waals surface area contributed by atoms with Crippen molar-refractivity contribution in [3.8, 4) is 5.75 Å². The molecule has 4 nitrogen and oxygen atoms in total. The summed E-state index contributed by atoms with van der Waals surface area (Å²) in [5.74, 6) is -0.294. The molecule has 1 heterocycles. The van der Waals surface area contributed by atoms with Crippen molar-refractivity contribution >= 4 is 21.7 Å². The van der Waals surface area contributed by atoms with Crippen LogP contribution in [0.5, 0.6) is 5.75 Å². The zero-order chi connectivity index (χ0) is 8.43. The summed E-state index contributed by atoms with van der Waals surface area (Å²) < 4.78 is 0.605. The minimum Gasteiger partial charge on any atom is -0.870 e. The predicted molar refractivity (Wildman–Crippen MR) is 41.6 cm³/mol. The number of halogens is 1. The van der Waals surface area contributed by atoms with Gasteiger partial charge in [0.1, 0.15) is 5.82 Å². The van der Waals surface area contributed by atoms with E-state index in [1.807, 2.05) is 0 Å². The minimum absolute atomic E-state index is 0.0215. The summed E-state index contributed by atoms with van der Waals surface area (Å²) in [6.45, 7) is 0. The maximum absolute atomic E-state index is 11.0. The van der Waals surface area contributed by atoms with Crippen molar-refractivity contribution in [2.45, 2.75) is 0 Å². The second-order valence-electron chi connectivity index (χ2n) is 2.00. The molecule has 0 fully saturated rings. The molecule has 0 atom stereocenters. The average Bonchev–Trinajstić information content (AvgIpc) is 1.85. The first kappa shape index (κ1) is 8.29. The molecule has 0 aromatic carbocycles. The van der Waals surface area contributed by atoms with Gasteiger partial charge < -0.3 is 5.11 Å².